The molecule has 2 aliphatic rings. The Morgan fingerprint density at radius 1 is 1.13 bits per heavy atom. The molecule has 5 N–H and O–H groups in total. The number of aromatic hydroxyl groups is 3. The third-order valence-corrected chi connectivity index (χ3v) is 6.83. The zero-order valence-electron chi connectivity index (χ0n) is 20.9. The number of para-hydroxylation sites is 1. The molecule has 1 fully saturated rings. The number of phenols is 3. The second kappa shape index (κ2) is 10.6. The van der Waals surface area contributed by atoms with Crippen LogP contribution in [-0.2, 0) is 20.8 Å². The van der Waals surface area contributed by atoms with Crippen LogP contribution < -0.4 is 9.97 Å². The van der Waals surface area contributed by atoms with Gasteiger partial charge in [-0.25, -0.2) is 4.79 Å². The van der Waals surface area contributed by atoms with Gasteiger partial charge in [0.2, 0.25) is 0 Å². The molecule has 12 nitrogen and oxygen atoms in total. The number of urea groups is 1. The van der Waals surface area contributed by atoms with Crippen molar-refractivity contribution in [2.24, 2.45) is 0 Å². The molecule has 1 unspecified atom stereocenters. The van der Waals surface area contributed by atoms with Crippen molar-refractivity contribution < 1.29 is 44.2 Å². The van der Waals surface area contributed by atoms with E-state index in [-0.39, 0.29) is 25.1 Å². The Kier molecular flexibility index (Phi) is 7.49. The number of rotatable bonds is 6. The number of Topliss-reactive ketones (excluding diaryl/α,β-unsaturated/α-hetero) is 1. The van der Waals surface area contributed by atoms with Crippen molar-refractivity contribution in [1.29, 1.82) is 0 Å². The second-order valence-electron chi connectivity index (χ2n) is 9.34. The van der Waals surface area contributed by atoms with Gasteiger partial charge >= 0.3 is 25.0 Å². The Hall–Kier alpha value is -4.26. The molecule has 0 bridgehead atoms. The Morgan fingerprint density at radius 3 is 2.47 bits per heavy atom. The van der Waals surface area contributed by atoms with Crippen LogP contribution in [0.4, 0.5) is 4.79 Å². The minimum Gasteiger partial charge on any atom is -0.536 e. The van der Waals surface area contributed by atoms with Crippen molar-refractivity contribution >= 4 is 30.7 Å². The number of aryl methyl sites for hydroxylation is 1. The number of nitrogens with zero attached hydrogens (tertiary/aromatic N) is 2. The maximum absolute atomic E-state index is 13.5. The number of carbonyl (C=O) groups is 4. The van der Waals surface area contributed by atoms with E-state index in [0.29, 0.717) is 23.6 Å². The minimum atomic E-state index is -1.50. The standard InChI is InChI=1S/C25H28BN3O9/c1-3-28-7-8-29(24(35)23(28)34)25(36)27-20(15-10-18(31)21(33)19(32)11-15)17(30)12-16-9-14-6-4-5-13(2)22(14)38-26(16)37/h4-6,10-11,16,20,31-33,37H,3,7-9,12H2,1-2H3,(H,27,36)/t16-,20?/m1/s1. The number of nitrogens with one attached hydrogen (secondary N) is 1. The minimum absolute atomic E-state index is 0.0791. The SMILES string of the molecule is CCN1CCN(C(=O)NC(C(=O)C[C@H]2Cc3cccc(C)c3OB2O)c2cc(O)c(O)c(O)c2)C(=O)C1=O. The van der Waals surface area contributed by atoms with E-state index in [9.17, 15) is 39.5 Å². The summed E-state index contributed by atoms with van der Waals surface area (Å²) >= 11 is 0. The molecule has 0 aliphatic carbocycles. The number of imide groups is 1. The van der Waals surface area contributed by atoms with E-state index in [2.05, 4.69) is 5.32 Å². The van der Waals surface area contributed by atoms with Gasteiger partial charge in [0.15, 0.2) is 23.0 Å². The molecule has 2 aromatic carbocycles. The highest BCUT2D eigenvalue weighted by Crippen LogP contribution is 2.40. The lowest BCUT2D eigenvalue weighted by Crippen LogP contribution is -2.58. The first-order valence-electron chi connectivity index (χ1n) is 12.1. The molecule has 13 heteroatoms. The number of phenolic OH excluding ortho intramolecular Hbond substituents is 3. The molecule has 200 valence electrons. The fourth-order valence-electron chi connectivity index (χ4n) is 4.71. The maximum atomic E-state index is 13.5. The van der Waals surface area contributed by atoms with Crippen LogP contribution in [0.15, 0.2) is 30.3 Å². The van der Waals surface area contributed by atoms with Crippen LogP contribution in [0.1, 0.15) is 36.1 Å². The van der Waals surface area contributed by atoms with Crippen molar-refractivity contribution in [2.75, 3.05) is 19.6 Å². The van der Waals surface area contributed by atoms with Gasteiger partial charge in [-0.2, -0.15) is 0 Å². The Labute approximate surface area is 218 Å². The van der Waals surface area contributed by atoms with E-state index in [1.54, 1.807) is 6.92 Å². The summed E-state index contributed by atoms with van der Waals surface area (Å²) < 4.78 is 5.65. The number of hydrogen-bond acceptors (Lipinski definition) is 9. The summed E-state index contributed by atoms with van der Waals surface area (Å²) in [6, 6.07) is 4.94. The fourth-order valence-corrected chi connectivity index (χ4v) is 4.71. The quantitative estimate of drug-likeness (QED) is 0.209. The first kappa shape index (κ1) is 26.8. The summed E-state index contributed by atoms with van der Waals surface area (Å²) in [4.78, 5) is 53.3. The molecule has 0 radical (unpaired) electrons. The predicted molar refractivity (Wildman–Crippen MR) is 134 cm³/mol. The van der Waals surface area contributed by atoms with E-state index in [1.165, 1.54) is 4.90 Å². The lowest BCUT2D eigenvalue weighted by Gasteiger charge is -2.33. The molecule has 0 aromatic heterocycles. The molecule has 0 spiro atoms. The van der Waals surface area contributed by atoms with Crippen LogP contribution >= 0.6 is 0 Å². The van der Waals surface area contributed by atoms with Crippen LogP contribution in [0, 0.1) is 6.92 Å². The van der Waals surface area contributed by atoms with Crippen LogP contribution in [0.2, 0.25) is 5.82 Å². The third kappa shape index (κ3) is 5.09. The van der Waals surface area contributed by atoms with Crippen molar-refractivity contribution in [3.05, 3.63) is 47.0 Å². The van der Waals surface area contributed by atoms with Crippen molar-refractivity contribution in [3.63, 3.8) is 0 Å². The molecule has 2 aromatic rings. The third-order valence-electron chi connectivity index (χ3n) is 6.83. The summed E-state index contributed by atoms with van der Waals surface area (Å²) in [5.41, 5.74) is 1.55. The smallest absolute Gasteiger partial charge is 0.526 e. The second-order valence-corrected chi connectivity index (χ2v) is 9.34. The zero-order chi connectivity index (χ0) is 27.7. The fraction of sp³-hybridized carbons (Fsp3) is 0.360. The largest absolute Gasteiger partial charge is 0.536 e. The number of hydrogen-bond donors (Lipinski definition) is 5. The molecule has 4 rings (SSSR count). The first-order valence-corrected chi connectivity index (χ1v) is 12.1. The average Bonchev–Trinajstić information content (AvgIpc) is 2.88. The van der Waals surface area contributed by atoms with E-state index in [4.69, 9.17) is 4.65 Å². The van der Waals surface area contributed by atoms with Crippen LogP contribution in [-0.4, -0.2) is 80.5 Å². The summed E-state index contributed by atoms with van der Waals surface area (Å²) in [6.07, 6.45) is 0.0288. The summed E-state index contributed by atoms with van der Waals surface area (Å²) in [6.45, 7) is 3.85. The van der Waals surface area contributed by atoms with Crippen LogP contribution in [0.5, 0.6) is 23.0 Å². The molecule has 2 atom stereocenters. The highest BCUT2D eigenvalue weighted by molar-refractivity contribution is 6.46. The van der Waals surface area contributed by atoms with Gasteiger partial charge in [0.1, 0.15) is 11.8 Å². The average molecular weight is 525 g/mol. The number of likely N-dealkylation sites (N-methyl/N-ethyl adjacent to an activating group) is 1. The van der Waals surface area contributed by atoms with Gasteiger partial charge < -0.3 is 35.2 Å². The van der Waals surface area contributed by atoms with Gasteiger partial charge in [0.25, 0.3) is 0 Å². The van der Waals surface area contributed by atoms with E-state index in [0.717, 1.165) is 23.3 Å². The van der Waals surface area contributed by atoms with Gasteiger partial charge in [-0.05, 0) is 49.1 Å². The highest BCUT2D eigenvalue weighted by atomic mass is 16.5. The number of amides is 4. The molecular formula is C25H28BN3O9. The van der Waals surface area contributed by atoms with Crippen LogP contribution in [0.25, 0.3) is 0 Å². The number of piperazine rings is 1. The number of benzene rings is 2. The van der Waals surface area contributed by atoms with Gasteiger partial charge in [0, 0.05) is 31.9 Å². The molecule has 4 amide bonds. The predicted octanol–water partition coefficient (Wildman–Crippen LogP) is 0.998. The van der Waals surface area contributed by atoms with Gasteiger partial charge in [0.05, 0.1) is 0 Å². The molecule has 2 aliphatic heterocycles. The lowest BCUT2D eigenvalue weighted by atomic mass is 9.64. The van der Waals surface area contributed by atoms with Gasteiger partial charge in [-0.3, -0.25) is 19.3 Å². The van der Waals surface area contributed by atoms with Gasteiger partial charge in [-0.1, -0.05) is 18.2 Å². The molecule has 2 heterocycles. The van der Waals surface area contributed by atoms with Crippen molar-refractivity contribution in [1.82, 2.24) is 15.1 Å². The van der Waals surface area contributed by atoms with E-state index >= 15 is 0 Å². The number of fused-ring (bicyclic) bond motifs is 1. The van der Waals surface area contributed by atoms with E-state index in [1.807, 2.05) is 25.1 Å². The molecule has 38 heavy (non-hydrogen) atoms. The topological polar surface area (TPSA) is 177 Å². The van der Waals surface area contributed by atoms with Crippen LogP contribution in [0.3, 0.4) is 0 Å². The Morgan fingerprint density at radius 2 is 1.82 bits per heavy atom. The zero-order valence-corrected chi connectivity index (χ0v) is 20.9. The Bertz CT molecular complexity index is 1280. The summed E-state index contributed by atoms with van der Waals surface area (Å²) in [5, 5.41) is 42.8. The number of ketones is 1. The highest BCUT2D eigenvalue weighted by Gasteiger charge is 2.40. The summed E-state index contributed by atoms with van der Waals surface area (Å²) in [5.74, 6) is -4.97. The lowest BCUT2D eigenvalue weighted by molar-refractivity contribution is -0.153. The first-order chi connectivity index (χ1) is 18.0. The van der Waals surface area contributed by atoms with Crippen molar-refractivity contribution in [3.8, 4) is 23.0 Å². The summed E-state index contributed by atoms with van der Waals surface area (Å²) in [7, 11) is -1.31. The van der Waals surface area contributed by atoms with Gasteiger partial charge in [-0.15, -0.1) is 0 Å². The van der Waals surface area contributed by atoms with E-state index < -0.39 is 59.9 Å². The van der Waals surface area contributed by atoms with Crippen molar-refractivity contribution in [2.45, 2.75) is 38.5 Å². The number of carbonyl (C=O) groups excluding carboxylic acids is 4. The molecule has 1 saturated heterocycles. The maximum Gasteiger partial charge on any atom is 0.526 e. The normalized spacial score (nSPS) is 18.1. The monoisotopic (exact) mass is 525 g/mol. The Balaban J connectivity index is 1.59. The molecular weight excluding hydrogens is 497 g/mol. The molecule has 0 saturated carbocycles.